The first-order valence-electron chi connectivity index (χ1n) is 4.00. The maximum absolute atomic E-state index is 12.1. The third-order valence-electron chi connectivity index (χ3n) is 1.80. The predicted molar refractivity (Wildman–Crippen MR) is 46.9 cm³/mol. The van der Waals surface area contributed by atoms with E-state index in [-0.39, 0.29) is 6.42 Å². The van der Waals surface area contributed by atoms with Crippen LogP contribution in [-0.2, 0) is 9.53 Å². The Bertz CT molecular complexity index is 272. The Kier molecular flexibility index (Phi) is 3.58. The van der Waals surface area contributed by atoms with Gasteiger partial charge in [0.1, 0.15) is 0 Å². The molecule has 13 heavy (non-hydrogen) atoms. The molecule has 0 aliphatic carbocycles. The van der Waals surface area contributed by atoms with Crippen LogP contribution >= 0.6 is 0 Å². The maximum atomic E-state index is 12.1. The van der Waals surface area contributed by atoms with E-state index in [4.69, 9.17) is 4.74 Å². The van der Waals surface area contributed by atoms with Crippen LogP contribution in [0.4, 0.5) is 4.39 Å². The van der Waals surface area contributed by atoms with Crippen molar-refractivity contribution in [2.24, 2.45) is 0 Å². The average molecular weight is 182 g/mol. The molecule has 1 atom stereocenters. The highest BCUT2D eigenvalue weighted by molar-refractivity contribution is 5.68. The van der Waals surface area contributed by atoms with Crippen molar-refractivity contribution in [1.29, 1.82) is 0 Å². The predicted octanol–water partition coefficient (Wildman–Crippen LogP) is 2.26. The topological polar surface area (TPSA) is 26.3 Å². The van der Waals surface area contributed by atoms with Crippen LogP contribution in [0.2, 0.25) is 0 Å². The molecule has 1 aromatic rings. The van der Waals surface area contributed by atoms with Crippen molar-refractivity contribution in [1.82, 2.24) is 0 Å². The number of hydrogen-bond donors (Lipinski definition) is 0. The Morgan fingerprint density at radius 1 is 1.46 bits per heavy atom. The molecule has 0 N–H and O–H groups in total. The summed E-state index contributed by atoms with van der Waals surface area (Å²) in [5.74, 6) is 0. The molecule has 70 valence electrons. The van der Waals surface area contributed by atoms with Crippen molar-refractivity contribution >= 4 is 6.04 Å². The molecular formula is C10H11FO2. The molecular weight excluding hydrogens is 171 g/mol. The second-order valence-electron chi connectivity index (χ2n) is 2.69. The normalized spacial score (nSPS) is 12.5. The van der Waals surface area contributed by atoms with Crippen molar-refractivity contribution in [3.63, 3.8) is 0 Å². The summed E-state index contributed by atoms with van der Waals surface area (Å²) in [6.07, 6.45) is -0.695. The summed E-state index contributed by atoms with van der Waals surface area (Å²) in [7, 11) is 1.46. The van der Waals surface area contributed by atoms with E-state index in [0.29, 0.717) is 0 Å². The minimum Gasteiger partial charge on any atom is -0.376 e. The number of carbonyl (C=O) groups is 1. The number of rotatable bonds is 4. The summed E-state index contributed by atoms with van der Waals surface area (Å²) in [5.41, 5.74) is 0.816. The van der Waals surface area contributed by atoms with Crippen LogP contribution < -0.4 is 0 Å². The summed E-state index contributed by atoms with van der Waals surface area (Å²) >= 11 is 0. The van der Waals surface area contributed by atoms with Gasteiger partial charge in [0.25, 0.3) is 0 Å². The third-order valence-corrected chi connectivity index (χ3v) is 1.80. The minimum atomic E-state index is -1.35. The first-order chi connectivity index (χ1) is 6.24. The van der Waals surface area contributed by atoms with Gasteiger partial charge in [-0.05, 0) is 5.56 Å². The molecule has 1 aromatic carbocycles. The number of methoxy groups -OCH3 is 1. The van der Waals surface area contributed by atoms with E-state index >= 15 is 0 Å². The van der Waals surface area contributed by atoms with E-state index in [2.05, 4.69) is 0 Å². The first kappa shape index (κ1) is 9.86. The van der Waals surface area contributed by atoms with E-state index in [1.54, 1.807) is 12.1 Å². The first-order valence-corrected chi connectivity index (χ1v) is 4.00. The zero-order chi connectivity index (χ0) is 9.68. The number of hydrogen-bond acceptors (Lipinski definition) is 2. The van der Waals surface area contributed by atoms with Crippen LogP contribution in [-0.4, -0.2) is 13.1 Å². The van der Waals surface area contributed by atoms with Crippen molar-refractivity contribution in [2.45, 2.75) is 12.5 Å². The summed E-state index contributed by atoms with van der Waals surface area (Å²) in [6.45, 7) is 0. The van der Waals surface area contributed by atoms with Crippen LogP contribution in [0.25, 0.3) is 0 Å². The quantitative estimate of drug-likeness (QED) is 0.667. The standard InChI is InChI=1S/C10H11FO2/c1-13-9(7-10(11)12)8-5-3-2-4-6-8/h2-6,9H,7H2,1H3. The molecule has 0 aliphatic rings. The Morgan fingerprint density at radius 2 is 2.08 bits per heavy atom. The molecule has 0 fully saturated rings. The molecule has 2 nitrogen and oxygen atoms in total. The summed E-state index contributed by atoms with van der Waals surface area (Å²) in [4.78, 5) is 10.2. The lowest BCUT2D eigenvalue weighted by Crippen LogP contribution is -2.05. The fraction of sp³-hybridized carbons (Fsp3) is 0.300. The van der Waals surface area contributed by atoms with Gasteiger partial charge in [0.15, 0.2) is 0 Å². The van der Waals surface area contributed by atoms with Gasteiger partial charge in [-0.2, -0.15) is 4.39 Å². The van der Waals surface area contributed by atoms with Gasteiger partial charge < -0.3 is 4.74 Å². The van der Waals surface area contributed by atoms with Crippen LogP contribution in [0.3, 0.4) is 0 Å². The van der Waals surface area contributed by atoms with Gasteiger partial charge in [-0.3, -0.25) is 4.79 Å². The zero-order valence-electron chi connectivity index (χ0n) is 7.37. The van der Waals surface area contributed by atoms with Crippen molar-refractivity contribution in [3.05, 3.63) is 35.9 Å². The fourth-order valence-electron chi connectivity index (χ4n) is 1.15. The van der Waals surface area contributed by atoms with Crippen molar-refractivity contribution in [3.8, 4) is 0 Å². The van der Waals surface area contributed by atoms with E-state index in [1.165, 1.54) is 7.11 Å². The second-order valence-corrected chi connectivity index (χ2v) is 2.69. The molecule has 0 saturated heterocycles. The Labute approximate surface area is 76.3 Å². The molecule has 1 unspecified atom stereocenters. The molecule has 3 heteroatoms. The van der Waals surface area contributed by atoms with E-state index in [9.17, 15) is 9.18 Å². The zero-order valence-corrected chi connectivity index (χ0v) is 7.37. The Hall–Kier alpha value is -1.22. The largest absolute Gasteiger partial charge is 0.376 e. The number of carbonyl (C=O) groups excluding carboxylic acids is 1. The fourth-order valence-corrected chi connectivity index (χ4v) is 1.15. The number of halogens is 1. The lowest BCUT2D eigenvalue weighted by molar-refractivity contribution is -0.131. The summed E-state index contributed by atoms with van der Waals surface area (Å²) in [5, 5.41) is 0. The summed E-state index contributed by atoms with van der Waals surface area (Å²) < 4.78 is 17.1. The van der Waals surface area contributed by atoms with Crippen molar-refractivity contribution < 1.29 is 13.9 Å². The highest BCUT2D eigenvalue weighted by atomic mass is 19.1. The molecule has 0 radical (unpaired) electrons. The van der Waals surface area contributed by atoms with Crippen LogP contribution in [0, 0.1) is 0 Å². The smallest absolute Gasteiger partial charge is 0.304 e. The molecule has 0 aliphatic heterocycles. The average Bonchev–Trinajstić information content (AvgIpc) is 2.15. The van der Waals surface area contributed by atoms with Gasteiger partial charge in [0.05, 0.1) is 12.5 Å². The molecule has 1 rings (SSSR count). The van der Waals surface area contributed by atoms with Crippen LogP contribution in [0.15, 0.2) is 30.3 Å². The molecule has 0 spiro atoms. The SMILES string of the molecule is COC(CC(=O)F)c1ccccc1. The van der Waals surface area contributed by atoms with Gasteiger partial charge in [-0.15, -0.1) is 0 Å². The van der Waals surface area contributed by atoms with Gasteiger partial charge >= 0.3 is 6.04 Å². The minimum absolute atomic E-state index is 0.222. The molecule has 0 aromatic heterocycles. The lowest BCUT2D eigenvalue weighted by Gasteiger charge is -2.12. The van der Waals surface area contributed by atoms with Gasteiger partial charge in [0, 0.05) is 7.11 Å². The number of benzene rings is 1. The summed E-state index contributed by atoms with van der Waals surface area (Å²) in [6, 6.07) is 7.76. The van der Waals surface area contributed by atoms with E-state index in [0.717, 1.165) is 5.56 Å². The maximum Gasteiger partial charge on any atom is 0.304 e. The second kappa shape index (κ2) is 4.72. The van der Waals surface area contributed by atoms with Gasteiger partial charge in [-0.1, -0.05) is 30.3 Å². The lowest BCUT2D eigenvalue weighted by atomic mass is 10.1. The van der Waals surface area contributed by atoms with Gasteiger partial charge in [0.2, 0.25) is 0 Å². The van der Waals surface area contributed by atoms with Gasteiger partial charge in [-0.25, -0.2) is 0 Å². The van der Waals surface area contributed by atoms with Crippen molar-refractivity contribution in [2.75, 3.05) is 7.11 Å². The molecule has 0 bridgehead atoms. The van der Waals surface area contributed by atoms with E-state index in [1.807, 2.05) is 18.2 Å². The Balaban J connectivity index is 2.73. The highest BCUT2D eigenvalue weighted by Gasteiger charge is 2.13. The monoisotopic (exact) mass is 182 g/mol. The molecule has 0 amide bonds. The van der Waals surface area contributed by atoms with E-state index < -0.39 is 12.1 Å². The van der Waals surface area contributed by atoms with Crippen LogP contribution in [0.1, 0.15) is 18.1 Å². The Morgan fingerprint density at radius 3 is 2.54 bits per heavy atom. The number of ether oxygens (including phenoxy) is 1. The molecule has 0 saturated carbocycles. The van der Waals surface area contributed by atoms with Crippen LogP contribution in [0.5, 0.6) is 0 Å². The highest BCUT2D eigenvalue weighted by Crippen LogP contribution is 2.20. The molecule has 0 heterocycles. The third kappa shape index (κ3) is 2.95.